The molecule has 5 heteroatoms. The number of rotatable bonds is 4. The van der Waals surface area contributed by atoms with Crippen LogP contribution in [-0.4, -0.2) is 48.7 Å². The smallest absolute Gasteiger partial charge is 0.306 e. The molecule has 2 unspecified atom stereocenters. The molecule has 0 radical (unpaired) electrons. The Kier molecular flexibility index (Phi) is 4.58. The first-order chi connectivity index (χ1) is 9.11. The summed E-state index contributed by atoms with van der Waals surface area (Å²) in [7, 11) is 1.67. The normalized spacial score (nSPS) is 27.2. The predicted molar refractivity (Wildman–Crippen MR) is 69.6 cm³/mol. The number of aliphatic carboxylic acids is 1. The first kappa shape index (κ1) is 14.1. The van der Waals surface area contributed by atoms with Gasteiger partial charge in [0.1, 0.15) is 0 Å². The van der Waals surface area contributed by atoms with Gasteiger partial charge in [0.2, 0.25) is 5.91 Å². The van der Waals surface area contributed by atoms with Crippen LogP contribution < -0.4 is 0 Å². The standard InChI is InChI=1S/C14H21NO4/c1-19-9-10-4-6-15(7-5-10)13(16)11-2-3-12(8-11)14(17)18/h4,11-12H,2-3,5-9H2,1H3,(H,17,18). The molecule has 0 spiro atoms. The van der Waals surface area contributed by atoms with Crippen LogP contribution in [0.25, 0.3) is 0 Å². The second-order valence-electron chi connectivity index (χ2n) is 5.37. The van der Waals surface area contributed by atoms with Crippen LogP contribution in [0.3, 0.4) is 0 Å². The van der Waals surface area contributed by atoms with E-state index in [9.17, 15) is 9.59 Å². The molecule has 0 aromatic rings. The Morgan fingerprint density at radius 2 is 2.16 bits per heavy atom. The van der Waals surface area contributed by atoms with Crippen molar-refractivity contribution in [3.8, 4) is 0 Å². The molecule has 0 bridgehead atoms. The minimum Gasteiger partial charge on any atom is -0.481 e. The van der Waals surface area contributed by atoms with Crippen molar-refractivity contribution in [2.45, 2.75) is 25.7 Å². The molecular weight excluding hydrogens is 246 g/mol. The van der Waals surface area contributed by atoms with E-state index in [-0.39, 0.29) is 17.7 Å². The number of amides is 1. The van der Waals surface area contributed by atoms with E-state index in [0.29, 0.717) is 32.4 Å². The highest BCUT2D eigenvalue weighted by Crippen LogP contribution is 2.32. The van der Waals surface area contributed by atoms with Crippen molar-refractivity contribution in [3.63, 3.8) is 0 Å². The van der Waals surface area contributed by atoms with E-state index in [0.717, 1.165) is 13.0 Å². The molecule has 1 heterocycles. The monoisotopic (exact) mass is 267 g/mol. The number of carbonyl (C=O) groups is 2. The van der Waals surface area contributed by atoms with Crippen LogP contribution in [0.2, 0.25) is 0 Å². The van der Waals surface area contributed by atoms with E-state index in [1.54, 1.807) is 7.11 Å². The van der Waals surface area contributed by atoms with Gasteiger partial charge >= 0.3 is 5.97 Å². The fraction of sp³-hybridized carbons (Fsp3) is 0.714. The first-order valence-corrected chi connectivity index (χ1v) is 6.80. The molecule has 5 nitrogen and oxygen atoms in total. The van der Waals surface area contributed by atoms with E-state index in [1.165, 1.54) is 5.57 Å². The molecule has 1 aliphatic carbocycles. The second kappa shape index (κ2) is 6.19. The molecule has 1 fully saturated rings. The number of hydrogen-bond acceptors (Lipinski definition) is 3. The highest BCUT2D eigenvalue weighted by molar-refractivity contribution is 5.81. The maximum atomic E-state index is 12.3. The third-order valence-electron chi connectivity index (χ3n) is 4.08. The van der Waals surface area contributed by atoms with Crippen LogP contribution >= 0.6 is 0 Å². The molecular formula is C14H21NO4. The van der Waals surface area contributed by atoms with Crippen LogP contribution in [0.5, 0.6) is 0 Å². The summed E-state index contributed by atoms with van der Waals surface area (Å²) in [5.74, 6) is -1.08. The molecule has 0 aromatic heterocycles. The van der Waals surface area contributed by atoms with Gasteiger partial charge in [-0.1, -0.05) is 6.08 Å². The predicted octanol–water partition coefficient (Wildman–Crippen LogP) is 1.29. The topological polar surface area (TPSA) is 66.8 Å². The molecule has 2 atom stereocenters. The Balaban J connectivity index is 1.87. The van der Waals surface area contributed by atoms with E-state index >= 15 is 0 Å². The third kappa shape index (κ3) is 3.35. The van der Waals surface area contributed by atoms with Crippen molar-refractivity contribution in [1.29, 1.82) is 0 Å². The van der Waals surface area contributed by atoms with Gasteiger partial charge in [0, 0.05) is 26.1 Å². The van der Waals surface area contributed by atoms with Gasteiger partial charge in [-0.2, -0.15) is 0 Å². The summed E-state index contributed by atoms with van der Waals surface area (Å²) < 4.78 is 5.08. The summed E-state index contributed by atoms with van der Waals surface area (Å²) in [4.78, 5) is 25.1. The summed E-state index contributed by atoms with van der Waals surface area (Å²) in [5, 5.41) is 8.97. The molecule has 2 aliphatic rings. The van der Waals surface area contributed by atoms with E-state index < -0.39 is 5.97 Å². The second-order valence-corrected chi connectivity index (χ2v) is 5.37. The molecule has 1 amide bonds. The lowest BCUT2D eigenvalue weighted by Crippen LogP contribution is -2.38. The minimum absolute atomic E-state index is 0.0986. The average molecular weight is 267 g/mol. The Morgan fingerprint density at radius 1 is 1.42 bits per heavy atom. The zero-order chi connectivity index (χ0) is 13.8. The van der Waals surface area contributed by atoms with E-state index in [1.807, 2.05) is 4.90 Å². The molecule has 0 aromatic carbocycles. The number of nitrogens with zero attached hydrogens (tertiary/aromatic N) is 1. The molecule has 2 rings (SSSR count). The number of hydrogen-bond donors (Lipinski definition) is 1. The molecule has 1 saturated carbocycles. The van der Waals surface area contributed by atoms with Crippen LogP contribution in [0.4, 0.5) is 0 Å². The Bertz CT molecular complexity index is 391. The quantitative estimate of drug-likeness (QED) is 0.779. The van der Waals surface area contributed by atoms with Crippen LogP contribution in [-0.2, 0) is 14.3 Å². The van der Waals surface area contributed by atoms with Crippen molar-refractivity contribution in [2.75, 3.05) is 26.8 Å². The van der Waals surface area contributed by atoms with Crippen molar-refractivity contribution in [1.82, 2.24) is 4.90 Å². The van der Waals surface area contributed by atoms with Crippen LogP contribution in [0.1, 0.15) is 25.7 Å². The highest BCUT2D eigenvalue weighted by atomic mass is 16.5. The van der Waals surface area contributed by atoms with Gasteiger partial charge in [-0.05, 0) is 31.3 Å². The Morgan fingerprint density at radius 3 is 2.68 bits per heavy atom. The fourth-order valence-electron chi connectivity index (χ4n) is 2.92. The zero-order valence-electron chi connectivity index (χ0n) is 11.3. The maximum Gasteiger partial charge on any atom is 0.306 e. The summed E-state index contributed by atoms with van der Waals surface area (Å²) in [6.45, 7) is 1.99. The summed E-state index contributed by atoms with van der Waals surface area (Å²) in [6, 6.07) is 0. The lowest BCUT2D eigenvalue weighted by Gasteiger charge is -2.28. The van der Waals surface area contributed by atoms with Gasteiger partial charge in [-0.15, -0.1) is 0 Å². The number of carboxylic acids is 1. The summed E-state index contributed by atoms with van der Waals surface area (Å²) in [5.41, 5.74) is 1.24. The van der Waals surface area contributed by atoms with Crippen molar-refractivity contribution >= 4 is 11.9 Å². The van der Waals surface area contributed by atoms with Gasteiger partial charge in [0.05, 0.1) is 12.5 Å². The van der Waals surface area contributed by atoms with Crippen molar-refractivity contribution in [3.05, 3.63) is 11.6 Å². The lowest BCUT2D eigenvalue weighted by molar-refractivity contribution is -0.141. The van der Waals surface area contributed by atoms with E-state index in [2.05, 4.69) is 6.08 Å². The SMILES string of the molecule is COCC1=CCN(C(=O)C2CCC(C(=O)O)C2)CC1. The molecule has 1 N–H and O–H groups in total. The van der Waals surface area contributed by atoms with Gasteiger partial charge in [0.25, 0.3) is 0 Å². The van der Waals surface area contributed by atoms with Gasteiger partial charge in [-0.25, -0.2) is 0 Å². The Hall–Kier alpha value is -1.36. The lowest BCUT2D eigenvalue weighted by atomic mass is 10.0. The van der Waals surface area contributed by atoms with E-state index in [4.69, 9.17) is 9.84 Å². The average Bonchev–Trinajstić information content (AvgIpc) is 2.89. The fourth-order valence-corrected chi connectivity index (χ4v) is 2.92. The van der Waals surface area contributed by atoms with Gasteiger partial charge in [0.15, 0.2) is 0 Å². The minimum atomic E-state index is -0.767. The van der Waals surface area contributed by atoms with Crippen molar-refractivity contribution < 1.29 is 19.4 Å². The molecule has 1 aliphatic heterocycles. The maximum absolute atomic E-state index is 12.3. The molecule has 0 saturated heterocycles. The number of methoxy groups -OCH3 is 1. The number of ether oxygens (including phenoxy) is 1. The molecule has 106 valence electrons. The summed E-state index contributed by atoms with van der Waals surface area (Å²) in [6.07, 6.45) is 4.74. The zero-order valence-corrected chi connectivity index (χ0v) is 11.3. The Labute approximate surface area is 113 Å². The van der Waals surface area contributed by atoms with Crippen LogP contribution in [0, 0.1) is 11.8 Å². The summed E-state index contributed by atoms with van der Waals surface area (Å²) >= 11 is 0. The van der Waals surface area contributed by atoms with Gasteiger partial charge < -0.3 is 14.7 Å². The van der Waals surface area contributed by atoms with Crippen molar-refractivity contribution in [2.24, 2.45) is 11.8 Å². The molecule has 19 heavy (non-hydrogen) atoms. The van der Waals surface area contributed by atoms with Gasteiger partial charge in [-0.3, -0.25) is 9.59 Å². The van der Waals surface area contributed by atoms with Crippen LogP contribution in [0.15, 0.2) is 11.6 Å². The first-order valence-electron chi connectivity index (χ1n) is 6.80. The largest absolute Gasteiger partial charge is 0.481 e. The number of carboxylic acid groups (broad SMARTS) is 1. The third-order valence-corrected chi connectivity index (χ3v) is 4.08. The highest BCUT2D eigenvalue weighted by Gasteiger charge is 2.36. The number of carbonyl (C=O) groups excluding carboxylic acids is 1.